The first-order valence-corrected chi connectivity index (χ1v) is 7.59. The van der Waals surface area contributed by atoms with Gasteiger partial charge in [-0.15, -0.1) is 0 Å². The summed E-state index contributed by atoms with van der Waals surface area (Å²) in [6.07, 6.45) is -0.999. The number of benzene rings is 1. The van der Waals surface area contributed by atoms with Gasteiger partial charge in [0.25, 0.3) is 5.91 Å². The van der Waals surface area contributed by atoms with Gasteiger partial charge in [-0.3, -0.25) is 20.4 Å². The molecule has 1 aromatic carbocycles. The topological polar surface area (TPSA) is 91.5 Å². The third-order valence-electron chi connectivity index (χ3n) is 2.88. The zero-order valence-electron chi connectivity index (χ0n) is 13.2. The van der Waals surface area contributed by atoms with Crippen molar-refractivity contribution in [2.75, 3.05) is 5.32 Å². The summed E-state index contributed by atoms with van der Waals surface area (Å²) in [6, 6.07) is 7.07. The van der Waals surface area contributed by atoms with Crippen molar-refractivity contribution in [1.29, 1.82) is 0 Å². The minimum Gasteiger partial charge on any atom is -0.478 e. The van der Waals surface area contributed by atoms with Crippen LogP contribution < -0.4 is 26.2 Å². The molecule has 0 radical (unpaired) electrons. The van der Waals surface area contributed by atoms with Crippen molar-refractivity contribution in [3.63, 3.8) is 0 Å². The van der Waals surface area contributed by atoms with E-state index < -0.39 is 12.0 Å². The number of anilines is 1. The molecule has 1 aromatic rings. The fourth-order valence-corrected chi connectivity index (χ4v) is 2.30. The highest BCUT2D eigenvalue weighted by atomic mass is 32.1. The zero-order valence-corrected chi connectivity index (χ0v) is 14.0. The average molecular weight is 336 g/mol. The number of thiocarbonyl (C=S) groups is 1. The number of rotatable bonds is 2. The van der Waals surface area contributed by atoms with Crippen molar-refractivity contribution in [3.8, 4) is 5.75 Å². The minimum absolute atomic E-state index is 0.120. The molecule has 8 heteroatoms. The number of hydrogen-bond donors (Lipinski definition) is 4. The van der Waals surface area contributed by atoms with Gasteiger partial charge in [-0.2, -0.15) is 0 Å². The lowest BCUT2D eigenvalue weighted by molar-refractivity contribution is -0.130. The number of fused-ring (bicyclic) bond motifs is 1. The first-order chi connectivity index (χ1) is 10.7. The highest BCUT2D eigenvalue weighted by molar-refractivity contribution is 7.80. The highest BCUT2D eigenvalue weighted by Gasteiger charge is 2.29. The molecule has 0 aromatic heterocycles. The molecule has 1 aliphatic heterocycles. The number of hydrazine groups is 1. The molecule has 0 spiro atoms. The van der Waals surface area contributed by atoms with Gasteiger partial charge < -0.3 is 15.4 Å². The van der Waals surface area contributed by atoms with Crippen LogP contribution in [-0.2, 0) is 9.59 Å². The largest absolute Gasteiger partial charge is 0.478 e. The van der Waals surface area contributed by atoms with E-state index in [1.807, 2.05) is 20.8 Å². The van der Waals surface area contributed by atoms with Crippen LogP contribution in [0.5, 0.6) is 5.75 Å². The van der Waals surface area contributed by atoms with Gasteiger partial charge in [-0.05, 0) is 45.1 Å². The van der Waals surface area contributed by atoms with Crippen LogP contribution in [0.3, 0.4) is 0 Å². The van der Waals surface area contributed by atoms with E-state index in [1.54, 1.807) is 24.3 Å². The summed E-state index contributed by atoms with van der Waals surface area (Å²) in [7, 11) is 0. The lowest BCUT2D eigenvalue weighted by atomic mass is 10.1. The Hall–Kier alpha value is -2.35. The summed E-state index contributed by atoms with van der Waals surface area (Å²) in [6.45, 7) is 5.83. The van der Waals surface area contributed by atoms with Crippen molar-refractivity contribution in [2.45, 2.75) is 38.8 Å². The van der Waals surface area contributed by atoms with Crippen molar-refractivity contribution in [3.05, 3.63) is 24.3 Å². The van der Waals surface area contributed by atoms with E-state index in [1.165, 1.54) is 0 Å². The third-order valence-corrected chi connectivity index (χ3v) is 3.09. The number of carbonyl (C=O) groups excluding carboxylic acids is 2. The Bertz CT molecular complexity index is 627. The molecule has 0 unspecified atom stereocenters. The van der Waals surface area contributed by atoms with E-state index in [9.17, 15) is 9.59 Å². The molecule has 1 heterocycles. The smallest absolute Gasteiger partial charge is 0.266 e. The van der Waals surface area contributed by atoms with Gasteiger partial charge in [0.2, 0.25) is 5.91 Å². The maximum absolute atomic E-state index is 11.9. The monoisotopic (exact) mass is 336 g/mol. The Kier molecular flexibility index (Phi) is 5.05. The van der Waals surface area contributed by atoms with Gasteiger partial charge in [0.05, 0.1) is 12.1 Å². The lowest BCUT2D eigenvalue weighted by Crippen LogP contribution is -2.53. The quantitative estimate of drug-likeness (QED) is 0.477. The first-order valence-electron chi connectivity index (χ1n) is 7.18. The summed E-state index contributed by atoms with van der Waals surface area (Å²) in [5.41, 5.74) is 5.42. The van der Waals surface area contributed by atoms with Crippen LogP contribution in [-0.4, -0.2) is 28.6 Å². The molecule has 4 N–H and O–H groups in total. The summed E-state index contributed by atoms with van der Waals surface area (Å²) in [4.78, 5) is 23.9. The average Bonchev–Trinajstić information content (AvgIpc) is 2.44. The summed E-state index contributed by atoms with van der Waals surface area (Å²) in [5.74, 6) is -0.209. The number of amides is 2. The maximum Gasteiger partial charge on any atom is 0.266 e. The van der Waals surface area contributed by atoms with Crippen LogP contribution in [0.1, 0.15) is 27.2 Å². The zero-order chi connectivity index (χ0) is 17.0. The highest BCUT2D eigenvalue weighted by Crippen LogP contribution is 2.29. The molecule has 1 atom stereocenters. The van der Waals surface area contributed by atoms with Crippen molar-refractivity contribution < 1.29 is 14.3 Å². The second-order valence-electron chi connectivity index (χ2n) is 6.17. The fourth-order valence-electron chi connectivity index (χ4n) is 1.94. The van der Waals surface area contributed by atoms with E-state index in [4.69, 9.17) is 17.0 Å². The second kappa shape index (κ2) is 6.82. The van der Waals surface area contributed by atoms with E-state index in [2.05, 4.69) is 21.5 Å². The number of carbonyl (C=O) groups is 2. The molecule has 0 saturated carbocycles. The molecule has 7 nitrogen and oxygen atoms in total. The van der Waals surface area contributed by atoms with Crippen molar-refractivity contribution >= 4 is 34.8 Å². The third kappa shape index (κ3) is 5.10. The Morgan fingerprint density at radius 2 is 2.00 bits per heavy atom. The van der Waals surface area contributed by atoms with Crippen LogP contribution in [0.2, 0.25) is 0 Å². The molecule has 0 bridgehead atoms. The van der Waals surface area contributed by atoms with Gasteiger partial charge in [-0.25, -0.2) is 0 Å². The second-order valence-corrected chi connectivity index (χ2v) is 6.58. The number of hydrogen-bond acceptors (Lipinski definition) is 4. The summed E-state index contributed by atoms with van der Waals surface area (Å²) < 4.78 is 5.55. The number of nitrogens with one attached hydrogen (secondary N) is 4. The molecular formula is C15H20N4O3S. The number of ether oxygens (including phenoxy) is 1. The van der Waals surface area contributed by atoms with E-state index in [-0.39, 0.29) is 17.9 Å². The number of para-hydroxylation sites is 2. The minimum atomic E-state index is -0.879. The van der Waals surface area contributed by atoms with Crippen LogP contribution in [0.4, 0.5) is 5.69 Å². The van der Waals surface area contributed by atoms with Crippen molar-refractivity contribution in [1.82, 2.24) is 16.2 Å². The van der Waals surface area contributed by atoms with E-state index in [0.717, 1.165) is 0 Å². The van der Waals surface area contributed by atoms with Gasteiger partial charge in [-0.1, -0.05) is 12.1 Å². The van der Waals surface area contributed by atoms with Crippen LogP contribution >= 0.6 is 12.2 Å². The SMILES string of the molecule is CC(C)(C)NC(=S)NNC(=O)C[C@H]1Oc2ccccc2NC1=O. The van der Waals surface area contributed by atoms with E-state index in [0.29, 0.717) is 16.5 Å². The van der Waals surface area contributed by atoms with Gasteiger partial charge >= 0.3 is 0 Å². The van der Waals surface area contributed by atoms with Crippen LogP contribution in [0, 0.1) is 0 Å². The Labute approximate surface area is 140 Å². The lowest BCUT2D eigenvalue weighted by Gasteiger charge is -2.26. The fraction of sp³-hybridized carbons (Fsp3) is 0.400. The maximum atomic E-state index is 11.9. The summed E-state index contributed by atoms with van der Waals surface area (Å²) >= 11 is 5.05. The molecule has 124 valence electrons. The molecule has 1 aliphatic rings. The summed E-state index contributed by atoms with van der Waals surface area (Å²) in [5, 5.41) is 6.00. The molecule has 0 fully saturated rings. The van der Waals surface area contributed by atoms with Gasteiger partial charge in [0.15, 0.2) is 11.2 Å². The Morgan fingerprint density at radius 1 is 1.30 bits per heavy atom. The normalized spacial score (nSPS) is 16.5. The van der Waals surface area contributed by atoms with Gasteiger partial charge in [0, 0.05) is 5.54 Å². The predicted octanol–water partition coefficient (Wildman–Crippen LogP) is 1.07. The molecule has 0 aliphatic carbocycles. The standard InChI is InChI=1S/C15H20N4O3S/c1-15(2,3)17-14(23)19-18-12(20)8-11-13(21)16-9-6-4-5-7-10(9)22-11/h4-7,11H,8H2,1-3H3,(H,16,21)(H,18,20)(H2,17,19,23)/t11-/m1/s1. The molecule has 2 rings (SSSR count). The molecule has 2 amide bonds. The Morgan fingerprint density at radius 3 is 2.70 bits per heavy atom. The van der Waals surface area contributed by atoms with Crippen molar-refractivity contribution in [2.24, 2.45) is 0 Å². The Balaban J connectivity index is 1.84. The molecule has 0 saturated heterocycles. The molecule has 23 heavy (non-hydrogen) atoms. The molecular weight excluding hydrogens is 316 g/mol. The van der Waals surface area contributed by atoms with E-state index >= 15 is 0 Å². The van der Waals surface area contributed by atoms with Gasteiger partial charge in [0.1, 0.15) is 5.75 Å². The first kappa shape index (κ1) is 17.0. The predicted molar refractivity (Wildman–Crippen MR) is 90.9 cm³/mol. The van der Waals surface area contributed by atoms with Crippen LogP contribution in [0.25, 0.3) is 0 Å². The van der Waals surface area contributed by atoms with Crippen LogP contribution in [0.15, 0.2) is 24.3 Å².